The van der Waals surface area contributed by atoms with Gasteiger partial charge < -0.3 is 10.0 Å². The molecule has 1 heterocycles. The van der Waals surface area contributed by atoms with Gasteiger partial charge in [-0.15, -0.1) is 0 Å². The van der Waals surface area contributed by atoms with Gasteiger partial charge in [0.15, 0.2) is 0 Å². The maximum atomic E-state index is 12.0. The first kappa shape index (κ1) is 17.2. The predicted molar refractivity (Wildman–Crippen MR) is 92.0 cm³/mol. The monoisotopic (exact) mass is 350 g/mol. The number of carboxylic acid groups (broad SMARTS) is 1. The van der Waals surface area contributed by atoms with Crippen molar-refractivity contribution in [3.05, 3.63) is 40.3 Å². The molecule has 0 aliphatic carbocycles. The zero-order chi connectivity index (χ0) is 17.1. The van der Waals surface area contributed by atoms with E-state index < -0.39 is 5.97 Å². The smallest absolute Gasteiger partial charge is 0.323 e. The van der Waals surface area contributed by atoms with Gasteiger partial charge in [0.05, 0.1) is 4.91 Å². The molecule has 0 radical (unpaired) electrons. The van der Waals surface area contributed by atoms with Crippen LogP contribution in [0.1, 0.15) is 15.9 Å². The molecule has 2 rings (SSSR count). The molecule has 0 atom stereocenters. The summed E-state index contributed by atoms with van der Waals surface area (Å²) in [5, 5.41) is 8.70. The Morgan fingerprint density at radius 2 is 1.96 bits per heavy atom. The van der Waals surface area contributed by atoms with Crippen LogP contribution in [0.4, 0.5) is 0 Å². The fourth-order valence-electron chi connectivity index (χ4n) is 1.91. The number of thioether (sulfide) groups is 1. The van der Waals surface area contributed by atoms with Crippen molar-refractivity contribution in [2.45, 2.75) is 0 Å². The first-order valence-corrected chi connectivity index (χ1v) is 7.81. The zero-order valence-electron chi connectivity index (χ0n) is 12.5. The van der Waals surface area contributed by atoms with E-state index in [9.17, 15) is 14.4 Å². The Morgan fingerprint density at radius 3 is 2.43 bits per heavy atom. The highest BCUT2D eigenvalue weighted by Gasteiger charge is 2.28. The second kappa shape index (κ2) is 6.93. The highest BCUT2D eigenvalue weighted by molar-refractivity contribution is 8.26. The maximum absolute atomic E-state index is 12.0. The number of benzene rings is 1. The highest BCUT2D eigenvalue weighted by atomic mass is 32.2. The lowest BCUT2D eigenvalue weighted by molar-refractivity contribution is -0.137. The van der Waals surface area contributed by atoms with Crippen LogP contribution in [0.2, 0.25) is 0 Å². The van der Waals surface area contributed by atoms with Gasteiger partial charge in [0, 0.05) is 19.7 Å². The SMILES string of the molecule is CN(CC(=O)O)C(=O)c1ccc(/C=C2/SC(=S)N(C)C2=O)cc1. The number of carbonyl (C=O) groups excluding carboxylic acids is 2. The lowest BCUT2D eigenvalue weighted by atomic mass is 10.1. The van der Waals surface area contributed by atoms with Crippen molar-refractivity contribution < 1.29 is 19.5 Å². The van der Waals surface area contributed by atoms with Gasteiger partial charge >= 0.3 is 5.97 Å². The van der Waals surface area contributed by atoms with Gasteiger partial charge in [-0.2, -0.15) is 0 Å². The average molecular weight is 350 g/mol. The van der Waals surface area contributed by atoms with Crippen molar-refractivity contribution in [1.29, 1.82) is 0 Å². The molecule has 1 aliphatic heterocycles. The standard InChI is InChI=1S/C15H14N2O4S2/c1-16(8-12(18)19)13(20)10-5-3-9(4-6-10)7-11-14(21)17(2)15(22)23-11/h3-7H,8H2,1-2H3,(H,18,19)/b11-7+. The zero-order valence-corrected chi connectivity index (χ0v) is 14.1. The first-order valence-electron chi connectivity index (χ1n) is 6.58. The lowest BCUT2D eigenvalue weighted by Gasteiger charge is -2.14. The number of carbonyl (C=O) groups is 3. The molecule has 120 valence electrons. The number of amides is 2. The minimum absolute atomic E-state index is 0.152. The van der Waals surface area contributed by atoms with Crippen molar-refractivity contribution in [2.24, 2.45) is 0 Å². The molecule has 0 bridgehead atoms. The largest absolute Gasteiger partial charge is 0.480 e. The van der Waals surface area contributed by atoms with E-state index >= 15 is 0 Å². The van der Waals surface area contributed by atoms with Gasteiger partial charge in [-0.1, -0.05) is 36.1 Å². The normalized spacial score (nSPS) is 16.1. The minimum atomic E-state index is -1.07. The summed E-state index contributed by atoms with van der Waals surface area (Å²) in [6, 6.07) is 6.59. The van der Waals surface area contributed by atoms with Crippen LogP contribution in [-0.4, -0.2) is 57.7 Å². The van der Waals surface area contributed by atoms with Crippen LogP contribution in [0, 0.1) is 0 Å². The Balaban J connectivity index is 2.14. The van der Waals surface area contributed by atoms with Crippen LogP contribution < -0.4 is 0 Å². The van der Waals surface area contributed by atoms with Crippen LogP contribution in [-0.2, 0) is 9.59 Å². The number of thiocarbonyl (C=S) groups is 1. The Morgan fingerprint density at radius 1 is 1.35 bits per heavy atom. The van der Waals surface area contributed by atoms with Crippen molar-refractivity contribution in [1.82, 2.24) is 9.80 Å². The molecule has 1 saturated heterocycles. The number of rotatable bonds is 4. The van der Waals surface area contributed by atoms with E-state index in [0.717, 1.165) is 10.5 Å². The van der Waals surface area contributed by atoms with Crippen LogP contribution in [0.15, 0.2) is 29.2 Å². The van der Waals surface area contributed by atoms with Gasteiger partial charge in [-0.05, 0) is 23.8 Å². The Labute approximate surface area is 142 Å². The summed E-state index contributed by atoms with van der Waals surface area (Å²) >= 11 is 6.29. The molecule has 23 heavy (non-hydrogen) atoms. The summed E-state index contributed by atoms with van der Waals surface area (Å²) in [7, 11) is 3.05. The van der Waals surface area contributed by atoms with Crippen molar-refractivity contribution >= 4 is 52.2 Å². The molecule has 0 spiro atoms. The predicted octanol–water partition coefficient (Wildman–Crippen LogP) is 1.67. The maximum Gasteiger partial charge on any atom is 0.323 e. The lowest BCUT2D eigenvalue weighted by Crippen LogP contribution is -2.31. The third-order valence-electron chi connectivity index (χ3n) is 3.16. The molecule has 0 unspecified atom stereocenters. The average Bonchev–Trinajstić information content (AvgIpc) is 2.74. The molecule has 1 fully saturated rings. The summed E-state index contributed by atoms with van der Waals surface area (Å²) in [4.78, 5) is 37.6. The molecule has 0 aromatic heterocycles. The van der Waals surface area contributed by atoms with E-state index in [1.54, 1.807) is 37.4 Å². The van der Waals surface area contributed by atoms with E-state index in [-0.39, 0.29) is 18.4 Å². The quantitative estimate of drug-likeness (QED) is 0.657. The van der Waals surface area contributed by atoms with E-state index in [2.05, 4.69) is 0 Å². The van der Waals surface area contributed by atoms with Crippen molar-refractivity contribution in [3.63, 3.8) is 0 Å². The van der Waals surface area contributed by atoms with Gasteiger partial charge in [-0.25, -0.2) is 0 Å². The summed E-state index contributed by atoms with van der Waals surface area (Å²) in [5.74, 6) is -1.60. The number of hydrogen-bond donors (Lipinski definition) is 1. The molecule has 1 aromatic rings. The van der Waals surface area contributed by atoms with Crippen LogP contribution in [0.25, 0.3) is 6.08 Å². The molecule has 6 nitrogen and oxygen atoms in total. The summed E-state index contributed by atoms with van der Waals surface area (Å²) in [6.45, 7) is -0.362. The Kier molecular flexibility index (Phi) is 5.17. The number of hydrogen-bond acceptors (Lipinski definition) is 5. The molecule has 1 N–H and O–H groups in total. The first-order chi connectivity index (χ1) is 10.8. The fraction of sp³-hybridized carbons (Fsp3) is 0.200. The molecule has 2 amide bonds. The third kappa shape index (κ3) is 3.96. The minimum Gasteiger partial charge on any atom is -0.480 e. The number of aliphatic carboxylic acids is 1. The highest BCUT2D eigenvalue weighted by Crippen LogP contribution is 2.31. The summed E-state index contributed by atoms with van der Waals surface area (Å²) < 4.78 is 0.503. The third-order valence-corrected chi connectivity index (χ3v) is 4.65. The van der Waals surface area contributed by atoms with E-state index in [4.69, 9.17) is 17.3 Å². The van der Waals surface area contributed by atoms with E-state index in [1.807, 2.05) is 0 Å². The van der Waals surface area contributed by atoms with E-state index in [1.165, 1.54) is 23.7 Å². The topological polar surface area (TPSA) is 77.9 Å². The van der Waals surface area contributed by atoms with Crippen molar-refractivity contribution in [2.75, 3.05) is 20.6 Å². The van der Waals surface area contributed by atoms with Gasteiger partial charge in [0.2, 0.25) is 0 Å². The van der Waals surface area contributed by atoms with Gasteiger partial charge in [0.1, 0.15) is 10.9 Å². The molecular formula is C15H14N2O4S2. The summed E-state index contributed by atoms with van der Waals surface area (Å²) in [6.07, 6.45) is 1.71. The summed E-state index contributed by atoms with van der Waals surface area (Å²) in [5.41, 5.74) is 1.14. The molecular weight excluding hydrogens is 336 g/mol. The second-order valence-electron chi connectivity index (χ2n) is 4.92. The Bertz CT molecular complexity index is 713. The number of likely N-dealkylation sites (N-methyl/N-ethyl adjacent to an activating group) is 2. The van der Waals surface area contributed by atoms with Gasteiger partial charge in [0.25, 0.3) is 11.8 Å². The van der Waals surface area contributed by atoms with Crippen LogP contribution in [0.5, 0.6) is 0 Å². The van der Waals surface area contributed by atoms with Crippen LogP contribution in [0.3, 0.4) is 0 Å². The number of nitrogens with zero attached hydrogens (tertiary/aromatic N) is 2. The molecule has 1 aliphatic rings. The Hall–Kier alpha value is -2.19. The van der Waals surface area contributed by atoms with Gasteiger partial charge in [-0.3, -0.25) is 19.3 Å². The molecule has 8 heteroatoms. The van der Waals surface area contributed by atoms with Crippen molar-refractivity contribution in [3.8, 4) is 0 Å². The number of carboxylic acids is 1. The molecule has 0 saturated carbocycles. The molecule has 1 aromatic carbocycles. The fourth-order valence-corrected chi connectivity index (χ4v) is 3.09. The van der Waals surface area contributed by atoms with Crippen LogP contribution >= 0.6 is 24.0 Å². The second-order valence-corrected chi connectivity index (χ2v) is 6.59. The van der Waals surface area contributed by atoms with E-state index in [0.29, 0.717) is 14.8 Å².